The van der Waals surface area contributed by atoms with Crippen LogP contribution in [0.2, 0.25) is 0 Å². The second-order valence-corrected chi connectivity index (χ2v) is 10.7. The molecule has 6 rings (SSSR count). The fourth-order valence-electron chi connectivity index (χ4n) is 5.50. The quantitative estimate of drug-likeness (QED) is 0.301. The van der Waals surface area contributed by atoms with Gasteiger partial charge in [-0.05, 0) is 49.7 Å². The molecule has 2 saturated heterocycles. The Labute approximate surface area is 246 Å². The van der Waals surface area contributed by atoms with Gasteiger partial charge in [0.15, 0.2) is 11.6 Å². The second-order valence-electron chi connectivity index (χ2n) is 10.7. The van der Waals surface area contributed by atoms with Crippen molar-refractivity contribution in [2.75, 3.05) is 37.7 Å². The Morgan fingerprint density at radius 2 is 1.91 bits per heavy atom. The Kier molecular flexibility index (Phi) is 7.92. The highest BCUT2D eigenvalue weighted by atomic mass is 19.1. The number of hydrogen-bond acceptors (Lipinski definition) is 8. The topological polar surface area (TPSA) is 117 Å². The Morgan fingerprint density at radius 3 is 2.58 bits per heavy atom. The molecule has 2 aliphatic heterocycles. The van der Waals surface area contributed by atoms with Crippen molar-refractivity contribution in [1.29, 1.82) is 5.26 Å². The highest BCUT2D eigenvalue weighted by molar-refractivity contribution is 5.92. The molecule has 12 heteroatoms. The lowest BCUT2D eigenvalue weighted by Crippen LogP contribution is -2.48. The zero-order valence-electron chi connectivity index (χ0n) is 23.5. The van der Waals surface area contributed by atoms with Gasteiger partial charge in [0.1, 0.15) is 18.2 Å². The maximum Gasteiger partial charge on any atom is 0.335 e. The number of fused-ring (bicyclic) bond motifs is 1. The summed E-state index contributed by atoms with van der Waals surface area (Å²) in [6, 6.07) is 13.6. The van der Waals surface area contributed by atoms with Gasteiger partial charge >= 0.3 is 5.97 Å². The zero-order valence-corrected chi connectivity index (χ0v) is 23.5. The number of carbonyl (C=O) groups is 1. The van der Waals surface area contributed by atoms with Crippen molar-refractivity contribution in [3.63, 3.8) is 0 Å². The first-order valence-corrected chi connectivity index (χ1v) is 14.1. The average molecular weight is 589 g/mol. The minimum absolute atomic E-state index is 0.0608. The molecule has 4 heterocycles. The van der Waals surface area contributed by atoms with E-state index < -0.39 is 17.6 Å². The van der Waals surface area contributed by atoms with Gasteiger partial charge in [-0.2, -0.15) is 10.2 Å². The molecule has 2 aliphatic rings. The van der Waals surface area contributed by atoms with E-state index in [9.17, 15) is 18.7 Å². The van der Waals surface area contributed by atoms with Gasteiger partial charge in [0, 0.05) is 44.4 Å². The van der Waals surface area contributed by atoms with Crippen LogP contribution < -0.4 is 9.64 Å². The molecule has 2 fully saturated rings. The highest BCUT2D eigenvalue weighted by Gasteiger charge is 2.30. The normalized spacial score (nSPS) is 17.8. The highest BCUT2D eigenvalue weighted by Crippen LogP contribution is 2.30. The molecule has 0 amide bonds. The molecule has 0 spiro atoms. The minimum Gasteiger partial charge on any atom is -0.478 e. The summed E-state index contributed by atoms with van der Waals surface area (Å²) >= 11 is 0. The van der Waals surface area contributed by atoms with Crippen LogP contribution in [0.5, 0.6) is 5.88 Å². The maximum atomic E-state index is 14.9. The average Bonchev–Trinajstić information content (AvgIpc) is 3.36. The Morgan fingerprint density at radius 1 is 1.12 bits per heavy atom. The van der Waals surface area contributed by atoms with Crippen molar-refractivity contribution in [2.45, 2.75) is 38.6 Å². The first-order valence-electron chi connectivity index (χ1n) is 14.1. The van der Waals surface area contributed by atoms with Gasteiger partial charge in [0.05, 0.1) is 46.9 Å². The number of rotatable bonds is 9. The summed E-state index contributed by atoms with van der Waals surface area (Å²) in [6.07, 6.45) is 1.000. The summed E-state index contributed by atoms with van der Waals surface area (Å²) in [5, 5.41) is 18.5. The van der Waals surface area contributed by atoms with Crippen LogP contribution in [0.3, 0.4) is 0 Å². The molecule has 1 N–H and O–H groups in total. The van der Waals surface area contributed by atoms with Gasteiger partial charge in [-0.1, -0.05) is 6.07 Å². The van der Waals surface area contributed by atoms with E-state index in [-0.39, 0.29) is 47.1 Å². The molecule has 43 heavy (non-hydrogen) atoms. The smallest absolute Gasteiger partial charge is 0.335 e. The summed E-state index contributed by atoms with van der Waals surface area (Å²) in [5.74, 6) is -0.852. The van der Waals surface area contributed by atoms with Crippen molar-refractivity contribution in [2.24, 2.45) is 0 Å². The molecule has 0 unspecified atom stereocenters. The molecular formula is C31H30F2N6O4. The second kappa shape index (κ2) is 11.9. The Bertz CT molecular complexity index is 1710. The first-order chi connectivity index (χ1) is 20.8. The Hall–Kier alpha value is -4.60. The lowest BCUT2D eigenvalue weighted by atomic mass is 10.1. The number of piperazine rings is 1. The fraction of sp³-hybridized carbons (Fsp3) is 0.355. The molecular weight excluding hydrogens is 558 g/mol. The molecule has 0 saturated carbocycles. The predicted molar refractivity (Wildman–Crippen MR) is 153 cm³/mol. The number of ether oxygens (including phenoxy) is 2. The molecule has 0 aliphatic carbocycles. The third kappa shape index (κ3) is 5.86. The summed E-state index contributed by atoms with van der Waals surface area (Å²) in [6.45, 7) is 5.53. The standard InChI is InChI=1S/C31H30F2N6O4/c1-19(29-35-26-6-4-21(31(40)41)15-27(26)39(29)17-23-8-13-42-23)37-9-11-38(12-10-37)30-24(32)5-7-28(36-30)43-18-22-3-2-20(16-34)14-25(22)33/h2-7,14-15,19,23H,8-13,17-18H2,1H3,(H,40,41)/t19-,23-/m0/s1. The summed E-state index contributed by atoms with van der Waals surface area (Å²) < 4.78 is 42.6. The van der Waals surface area contributed by atoms with Crippen LogP contribution in [0.1, 0.15) is 46.7 Å². The van der Waals surface area contributed by atoms with Crippen LogP contribution in [-0.2, 0) is 17.9 Å². The maximum absolute atomic E-state index is 14.9. The number of imidazole rings is 1. The van der Waals surface area contributed by atoms with Gasteiger partial charge < -0.3 is 24.0 Å². The van der Waals surface area contributed by atoms with Crippen LogP contribution in [0, 0.1) is 23.0 Å². The molecule has 2 aromatic carbocycles. The molecule has 222 valence electrons. The number of hydrogen-bond donors (Lipinski definition) is 1. The number of carboxylic acids is 1. The summed E-state index contributed by atoms with van der Waals surface area (Å²) in [7, 11) is 0. The van der Waals surface area contributed by atoms with Crippen molar-refractivity contribution in [3.8, 4) is 11.9 Å². The summed E-state index contributed by atoms with van der Waals surface area (Å²) in [4.78, 5) is 25.0. The van der Waals surface area contributed by atoms with Gasteiger partial charge in [-0.25, -0.2) is 18.6 Å². The minimum atomic E-state index is -0.989. The third-order valence-electron chi connectivity index (χ3n) is 8.10. The Balaban J connectivity index is 1.15. The number of nitriles is 1. The van der Waals surface area contributed by atoms with Crippen LogP contribution in [0.25, 0.3) is 11.0 Å². The number of carboxylic acid groups (broad SMARTS) is 1. The lowest BCUT2D eigenvalue weighted by Gasteiger charge is -2.38. The van der Waals surface area contributed by atoms with E-state index in [4.69, 9.17) is 19.7 Å². The van der Waals surface area contributed by atoms with Crippen LogP contribution in [0.4, 0.5) is 14.6 Å². The summed E-state index contributed by atoms with van der Waals surface area (Å²) in [5.41, 5.74) is 2.18. The SMILES string of the molecule is C[C@@H](c1nc2ccc(C(=O)O)cc2n1C[C@@H]1CCO1)N1CCN(c2nc(OCc3ccc(C#N)cc3F)ccc2F)CC1. The molecule has 2 atom stereocenters. The van der Waals surface area contributed by atoms with E-state index in [1.165, 1.54) is 24.3 Å². The van der Waals surface area contributed by atoms with Crippen molar-refractivity contribution in [1.82, 2.24) is 19.4 Å². The molecule has 2 aromatic heterocycles. The number of benzene rings is 2. The van der Waals surface area contributed by atoms with E-state index in [2.05, 4.69) is 21.4 Å². The molecule has 0 bridgehead atoms. The van der Waals surface area contributed by atoms with Crippen molar-refractivity contribution in [3.05, 3.63) is 82.7 Å². The molecule has 0 radical (unpaired) electrons. The predicted octanol–water partition coefficient (Wildman–Crippen LogP) is 4.53. The van der Waals surface area contributed by atoms with Crippen LogP contribution in [-0.4, -0.2) is 69.4 Å². The fourth-order valence-corrected chi connectivity index (χ4v) is 5.50. The van der Waals surface area contributed by atoms with E-state index in [0.717, 1.165) is 29.3 Å². The zero-order chi connectivity index (χ0) is 30.1. The number of pyridine rings is 1. The van der Waals surface area contributed by atoms with Crippen molar-refractivity contribution >= 4 is 22.8 Å². The van der Waals surface area contributed by atoms with E-state index in [1.54, 1.807) is 18.2 Å². The number of aromatic nitrogens is 3. The van der Waals surface area contributed by atoms with Crippen molar-refractivity contribution < 1.29 is 28.2 Å². The number of nitrogens with zero attached hydrogens (tertiary/aromatic N) is 6. The molecule has 4 aromatic rings. The van der Waals surface area contributed by atoms with Gasteiger partial charge in [-0.3, -0.25) is 4.90 Å². The number of aromatic carboxylic acids is 1. The van der Waals surface area contributed by atoms with E-state index >= 15 is 0 Å². The van der Waals surface area contributed by atoms with Gasteiger partial charge in [0.2, 0.25) is 5.88 Å². The molecule has 10 nitrogen and oxygen atoms in total. The van der Waals surface area contributed by atoms with Gasteiger partial charge in [0.25, 0.3) is 0 Å². The monoisotopic (exact) mass is 588 g/mol. The number of halogens is 2. The number of anilines is 1. The third-order valence-corrected chi connectivity index (χ3v) is 8.10. The van der Waals surface area contributed by atoms with E-state index in [1.807, 2.05) is 11.0 Å². The largest absolute Gasteiger partial charge is 0.478 e. The first kappa shape index (κ1) is 28.5. The van der Waals surface area contributed by atoms with Gasteiger partial charge in [-0.15, -0.1) is 0 Å². The van der Waals surface area contributed by atoms with Crippen LogP contribution >= 0.6 is 0 Å². The van der Waals surface area contributed by atoms with Crippen LogP contribution in [0.15, 0.2) is 48.5 Å². The van der Waals surface area contributed by atoms with E-state index in [0.29, 0.717) is 39.3 Å². The lowest BCUT2D eigenvalue weighted by molar-refractivity contribution is -0.0594.